The van der Waals surface area contributed by atoms with E-state index in [0.29, 0.717) is 5.06 Å². The van der Waals surface area contributed by atoms with E-state index in [9.17, 15) is 14.4 Å². The first-order chi connectivity index (χ1) is 13.6. The maximum atomic E-state index is 12.5. The molecular formula is C22H17NO5. The number of esters is 1. The summed E-state index contributed by atoms with van der Waals surface area (Å²) in [4.78, 5) is 43.0. The van der Waals surface area contributed by atoms with Crippen molar-refractivity contribution in [2.24, 2.45) is 0 Å². The molecule has 0 saturated heterocycles. The molecule has 0 aromatic heterocycles. The molecule has 1 heterocycles. The summed E-state index contributed by atoms with van der Waals surface area (Å²) in [6.45, 7) is 0. The number of nitrogens with zero attached hydrogens (tertiary/aromatic N) is 1. The van der Waals surface area contributed by atoms with Crippen LogP contribution < -0.4 is 0 Å². The van der Waals surface area contributed by atoms with Gasteiger partial charge >= 0.3 is 5.97 Å². The third kappa shape index (κ3) is 3.04. The summed E-state index contributed by atoms with van der Waals surface area (Å²) in [6.07, 6.45) is -0.987. The van der Waals surface area contributed by atoms with Crippen LogP contribution in [-0.2, 0) is 20.8 Å². The molecule has 0 bridgehead atoms. The van der Waals surface area contributed by atoms with E-state index in [1.165, 1.54) is 7.11 Å². The fourth-order valence-corrected chi connectivity index (χ4v) is 3.36. The van der Waals surface area contributed by atoms with Gasteiger partial charge in [0, 0.05) is 6.42 Å². The lowest BCUT2D eigenvalue weighted by molar-refractivity contribution is -0.177. The highest BCUT2D eigenvalue weighted by atomic mass is 16.7. The van der Waals surface area contributed by atoms with E-state index < -0.39 is 23.9 Å². The number of methoxy groups -OCH3 is 1. The molecule has 0 spiro atoms. The molecule has 0 unspecified atom stereocenters. The molecule has 1 aliphatic rings. The van der Waals surface area contributed by atoms with E-state index in [2.05, 4.69) is 0 Å². The molecule has 4 rings (SSSR count). The summed E-state index contributed by atoms with van der Waals surface area (Å²) >= 11 is 0. The van der Waals surface area contributed by atoms with Gasteiger partial charge in [0.15, 0.2) is 6.10 Å². The van der Waals surface area contributed by atoms with Crippen molar-refractivity contribution >= 4 is 28.6 Å². The van der Waals surface area contributed by atoms with Crippen LogP contribution in [0.4, 0.5) is 0 Å². The van der Waals surface area contributed by atoms with Crippen molar-refractivity contribution in [3.63, 3.8) is 0 Å². The molecule has 2 amide bonds. The number of hydrogen-bond acceptors (Lipinski definition) is 5. The van der Waals surface area contributed by atoms with Gasteiger partial charge in [-0.25, -0.2) is 9.63 Å². The molecule has 0 saturated carbocycles. The minimum absolute atomic E-state index is 0.154. The number of hydrogen-bond donors (Lipinski definition) is 0. The van der Waals surface area contributed by atoms with Crippen molar-refractivity contribution < 1.29 is 24.0 Å². The standard InChI is InChI=1S/C22H17NO5/c1-27-22(26)19(13-15-9-6-8-14-7-2-3-10-16(14)15)28-23-20(24)17-11-4-5-12-18(17)21(23)25/h2-12,19H,13H2,1H3/t19-/m0/s1. The summed E-state index contributed by atoms with van der Waals surface area (Å²) in [5.74, 6) is -1.84. The summed E-state index contributed by atoms with van der Waals surface area (Å²) in [5.41, 5.74) is 1.35. The highest BCUT2D eigenvalue weighted by Gasteiger charge is 2.39. The quantitative estimate of drug-likeness (QED) is 0.506. The zero-order valence-electron chi connectivity index (χ0n) is 15.1. The molecule has 3 aromatic carbocycles. The van der Waals surface area contributed by atoms with Gasteiger partial charge in [-0.15, -0.1) is 5.06 Å². The number of imide groups is 1. The average Bonchev–Trinajstić information content (AvgIpc) is 2.98. The van der Waals surface area contributed by atoms with Crippen LogP contribution in [0.15, 0.2) is 66.7 Å². The first kappa shape index (κ1) is 17.9. The second-order valence-electron chi connectivity index (χ2n) is 6.41. The number of carbonyl (C=O) groups is 3. The highest BCUT2D eigenvalue weighted by molar-refractivity contribution is 6.20. The van der Waals surface area contributed by atoms with Gasteiger partial charge in [0.25, 0.3) is 11.8 Å². The Bertz CT molecular complexity index is 1050. The van der Waals surface area contributed by atoms with Crippen molar-refractivity contribution in [1.29, 1.82) is 0 Å². The largest absolute Gasteiger partial charge is 0.467 e. The third-order valence-electron chi connectivity index (χ3n) is 4.74. The van der Waals surface area contributed by atoms with Crippen molar-refractivity contribution in [3.05, 3.63) is 83.4 Å². The van der Waals surface area contributed by atoms with Crippen LogP contribution in [0.5, 0.6) is 0 Å². The van der Waals surface area contributed by atoms with Gasteiger partial charge in [-0.2, -0.15) is 0 Å². The molecule has 0 fully saturated rings. The second-order valence-corrected chi connectivity index (χ2v) is 6.41. The van der Waals surface area contributed by atoms with Crippen LogP contribution in [0.25, 0.3) is 10.8 Å². The Morgan fingerprint density at radius 2 is 1.50 bits per heavy atom. The van der Waals surface area contributed by atoms with E-state index >= 15 is 0 Å². The monoisotopic (exact) mass is 375 g/mol. The first-order valence-corrected chi connectivity index (χ1v) is 8.79. The highest BCUT2D eigenvalue weighted by Crippen LogP contribution is 2.26. The van der Waals surface area contributed by atoms with E-state index in [-0.39, 0.29) is 17.5 Å². The van der Waals surface area contributed by atoms with Crippen LogP contribution in [0.2, 0.25) is 0 Å². The predicted octanol–water partition coefficient (Wildman–Crippen LogP) is 3.15. The van der Waals surface area contributed by atoms with E-state index in [1.54, 1.807) is 24.3 Å². The Balaban J connectivity index is 1.64. The van der Waals surface area contributed by atoms with Crippen LogP contribution in [-0.4, -0.2) is 36.1 Å². The Morgan fingerprint density at radius 3 is 2.18 bits per heavy atom. The number of rotatable bonds is 5. The van der Waals surface area contributed by atoms with E-state index in [1.807, 2.05) is 42.5 Å². The SMILES string of the molecule is COC(=O)[C@H](Cc1cccc2ccccc12)ON1C(=O)c2ccccc2C1=O. The van der Waals surface area contributed by atoms with Crippen LogP contribution >= 0.6 is 0 Å². The zero-order chi connectivity index (χ0) is 19.7. The molecule has 28 heavy (non-hydrogen) atoms. The van der Waals surface area contributed by atoms with Gasteiger partial charge < -0.3 is 4.74 Å². The number of ether oxygens (including phenoxy) is 1. The molecule has 6 heteroatoms. The molecule has 1 aliphatic heterocycles. The second kappa shape index (κ2) is 7.25. The fourth-order valence-electron chi connectivity index (χ4n) is 3.36. The fraction of sp³-hybridized carbons (Fsp3) is 0.136. The zero-order valence-corrected chi connectivity index (χ0v) is 15.1. The van der Waals surface area contributed by atoms with Gasteiger partial charge in [-0.05, 0) is 28.5 Å². The Labute approximate surface area is 161 Å². The third-order valence-corrected chi connectivity index (χ3v) is 4.74. The molecular weight excluding hydrogens is 358 g/mol. The number of benzene rings is 3. The van der Waals surface area contributed by atoms with Crippen LogP contribution in [0, 0.1) is 0 Å². The van der Waals surface area contributed by atoms with Crippen molar-refractivity contribution in [1.82, 2.24) is 5.06 Å². The molecule has 140 valence electrons. The van der Waals surface area contributed by atoms with Gasteiger partial charge in [-0.1, -0.05) is 54.6 Å². The molecule has 0 aliphatic carbocycles. The Morgan fingerprint density at radius 1 is 0.893 bits per heavy atom. The Hall–Kier alpha value is -3.51. The summed E-state index contributed by atoms with van der Waals surface area (Å²) < 4.78 is 4.84. The lowest BCUT2D eigenvalue weighted by atomic mass is 10.00. The number of fused-ring (bicyclic) bond motifs is 2. The van der Waals surface area contributed by atoms with Crippen molar-refractivity contribution in [2.75, 3.05) is 7.11 Å². The van der Waals surface area contributed by atoms with Crippen molar-refractivity contribution in [3.8, 4) is 0 Å². The van der Waals surface area contributed by atoms with Crippen LogP contribution in [0.3, 0.4) is 0 Å². The first-order valence-electron chi connectivity index (χ1n) is 8.79. The molecule has 0 radical (unpaired) electrons. The van der Waals surface area contributed by atoms with Gasteiger partial charge in [0.1, 0.15) is 0 Å². The van der Waals surface area contributed by atoms with Crippen LogP contribution in [0.1, 0.15) is 26.3 Å². The lowest BCUT2D eigenvalue weighted by Gasteiger charge is -2.21. The number of amides is 2. The normalized spacial score (nSPS) is 14.2. The molecule has 3 aromatic rings. The average molecular weight is 375 g/mol. The molecule has 0 N–H and O–H groups in total. The predicted molar refractivity (Wildman–Crippen MR) is 101 cm³/mol. The summed E-state index contributed by atoms with van der Waals surface area (Å²) in [5, 5.41) is 2.63. The maximum Gasteiger partial charge on any atom is 0.338 e. The van der Waals surface area contributed by atoms with E-state index in [4.69, 9.17) is 9.57 Å². The minimum atomic E-state index is -1.14. The van der Waals surface area contributed by atoms with Gasteiger partial charge in [-0.3, -0.25) is 9.59 Å². The minimum Gasteiger partial charge on any atom is -0.467 e. The molecule has 6 nitrogen and oxygen atoms in total. The lowest BCUT2D eigenvalue weighted by Crippen LogP contribution is -2.39. The topological polar surface area (TPSA) is 72.9 Å². The number of hydroxylamine groups is 2. The van der Waals surface area contributed by atoms with Gasteiger partial charge in [0.05, 0.1) is 18.2 Å². The van der Waals surface area contributed by atoms with E-state index in [0.717, 1.165) is 16.3 Å². The Kier molecular flexibility index (Phi) is 4.63. The maximum absolute atomic E-state index is 12.5. The number of carbonyl (C=O) groups excluding carboxylic acids is 3. The summed E-state index contributed by atoms with van der Waals surface area (Å²) in [6, 6.07) is 19.9. The van der Waals surface area contributed by atoms with Gasteiger partial charge in [0.2, 0.25) is 0 Å². The molecule has 1 atom stereocenters. The summed E-state index contributed by atoms with van der Waals surface area (Å²) in [7, 11) is 1.24. The van der Waals surface area contributed by atoms with Crippen molar-refractivity contribution in [2.45, 2.75) is 12.5 Å². The smallest absolute Gasteiger partial charge is 0.338 e.